The predicted octanol–water partition coefficient (Wildman–Crippen LogP) is 2.37. The van der Waals surface area contributed by atoms with Crippen LogP contribution in [0.4, 0.5) is 0 Å². The number of aliphatic hydroxyl groups is 1. The molecule has 0 unspecified atom stereocenters. The van der Waals surface area contributed by atoms with E-state index in [1.165, 1.54) is 0 Å². The van der Waals surface area contributed by atoms with Gasteiger partial charge in [0.25, 0.3) is 0 Å². The SMILES string of the molecule is OCc1c2ccccc2c(/C=N/NC2=NCCN2)c2ccccc12. The summed E-state index contributed by atoms with van der Waals surface area (Å²) < 4.78 is 0. The molecule has 0 aromatic heterocycles. The highest BCUT2D eigenvalue weighted by Gasteiger charge is 2.11. The molecule has 5 heteroatoms. The molecule has 1 aliphatic rings. The second kappa shape index (κ2) is 6.29. The lowest BCUT2D eigenvalue weighted by molar-refractivity contribution is 0.285. The van der Waals surface area contributed by atoms with Gasteiger partial charge < -0.3 is 10.4 Å². The first-order valence-electron chi connectivity index (χ1n) is 7.99. The van der Waals surface area contributed by atoms with Crippen molar-refractivity contribution in [1.29, 1.82) is 0 Å². The van der Waals surface area contributed by atoms with Crippen LogP contribution in [0.15, 0.2) is 58.6 Å². The zero-order valence-corrected chi connectivity index (χ0v) is 13.2. The van der Waals surface area contributed by atoms with Gasteiger partial charge in [-0.15, -0.1) is 0 Å². The molecule has 0 aliphatic carbocycles. The summed E-state index contributed by atoms with van der Waals surface area (Å²) in [6, 6.07) is 16.2. The van der Waals surface area contributed by atoms with E-state index in [-0.39, 0.29) is 6.61 Å². The van der Waals surface area contributed by atoms with Gasteiger partial charge in [-0.1, -0.05) is 48.5 Å². The van der Waals surface area contributed by atoms with E-state index in [1.54, 1.807) is 0 Å². The second-order valence-electron chi connectivity index (χ2n) is 5.67. The van der Waals surface area contributed by atoms with Gasteiger partial charge in [0.2, 0.25) is 5.96 Å². The maximum atomic E-state index is 9.87. The summed E-state index contributed by atoms with van der Waals surface area (Å²) in [5.74, 6) is 0.701. The molecular formula is C19H18N4O. The molecule has 3 aromatic rings. The van der Waals surface area contributed by atoms with Crippen LogP contribution < -0.4 is 10.7 Å². The lowest BCUT2D eigenvalue weighted by atomic mass is 9.92. The van der Waals surface area contributed by atoms with Gasteiger partial charge in [-0.2, -0.15) is 5.10 Å². The number of benzene rings is 3. The third-order valence-corrected chi connectivity index (χ3v) is 4.28. The number of rotatable bonds is 3. The van der Waals surface area contributed by atoms with E-state index in [0.29, 0.717) is 5.96 Å². The molecule has 0 saturated carbocycles. The molecular weight excluding hydrogens is 300 g/mol. The van der Waals surface area contributed by atoms with Crippen molar-refractivity contribution in [2.75, 3.05) is 13.1 Å². The molecule has 0 amide bonds. The fourth-order valence-corrected chi connectivity index (χ4v) is 3.19. The number of aliphatic hydroxyl groups excluding tert-OH is 1. The average molecular weight is 318 g/mol. The Kier molecular flexibility index (Phi) is 3.84. The average Bonchev–Trinajstić information content (AvgIpc) is 3.14. The molecule has 0 spiro atoms. The number of fused-ring (bicyclic) bond motifs is 2. The van der Waals surface area contributed by atoms with E-state index in [0.717, 1.165) is 45.8 Å². The molecule has 0 bridgehead atoms. The minimum absolute atomic E-state index is 0.0113. The molecule has 5 nitrogen and oxygen atoms in total. The lowest BCUT2D eigenvalue weighted by Crippen LogP contribution is -2.30. The monoisotopic (exact) mass is 318 g/mol. The molecule has 1 heterocycles. The van der Waals surface area contributed by atoms with Crippen molar-refractivity contribution in [3.63, 3.8) is 0 Å². The zero-order chi connectivity index (χ0) is 16.4. The standard InChI is InChI=1S/C19H18N4O/c24-12-18-15-7-3-1-5-13(15)17(14-6-2-4-8-16(14)18)11-22-23-19-20-9-10-21-19/h1-8,11,24H,9-10,12H2,(H2,20,21,23)/b22-11+. The Bertz CT molecular complexity index is 905. The summed E-state index contributed by atoms with van der Waals surface area (Å²) in [5, 5.41) is 21.6. The number of guanidine groups is 1. The van der Waals surface area contributed by atoms with Gasteiger partial charge >= 0.3 is 0 Å². The third kappa shape index (κ3) is 2.49. The van der Waals surface area contributed by atoms with Crippen molar-refractivity contribution < 1.29 is 5.11 Å². The van der Waals surface area contributed by atoms with Crippen LogP contribution in [0.25, 0.3) is 21.5 Å². The van der Waals surface area contributed by atoms with Gasteiger partial charge in [-0.25, -0.2) is 10.4 Å². The maximum Gasteiger partial charge on any atom is 0.212 e. The summed E-state index contributed by atoms with van der Waals surface area (Å²) in [6.45, 7) is 1.63. The predicted molar refractivity (Wildman–Crippen MR) is 98.4 cm³/mol. The Labute approximate surface area is 139 Å². The van der Waals surface area contributed by atoms with Gasteiger partial charge in [0, 0.05) is 12.1 Å². The van der Waals surface area contributed by atoms with E-state index in [4.69, 9.17) is 0 Å². The van der Waals surface area contributed by atoms with Crippen molar-refractivity contribution in [1.82, 2.24) is 10.7 Å². The van der Waals surface area contributed by atoms with E-state index in [9.17, 15) is 5.11 Å². The van der Waals surface area contributed by atoms with Crippen molar-refractivity contribution in [2.45, 2.75) is 6.61 Å². The van der Waals surface area contributed by atoms with Gasteiger partial charge in [0.05, 0.1) is 19.4 Å². The first kappa shape index (κ1) is 14.7. The Hall–Kier alpha value is -2.92. The first-order chi connectivity index (χ1) is 11.9. The van der Waals surface area contributed by atoms with Gasteiger partial charge in [0.1, 0.15) is 0 Å². The Morgan fingerprint density at radius 2 is 1.67 bits per heavy atom. The highest BCUT2D eigenvalue weighted by atomic mass is 16.3. The van der Waals surface area contributed by atoms with Crippen molar-refractivity contribution in [3.8, 4) is 0 Å². The zero-order valence-electron chi connectivity index (χ0n) is 13.2. The van der Waals surface area contributed by atoms with E-state index >= 15 is 0 Å². The van der Waals surface area contributed by atoms with E-state index in [1.807, 2.05) is 42.6 Å². The van der Waals surface area contributed by atoms with Crippen LogP contribution in [-0.2, 0) is 6.61 Å². The molecule has 4 rings (SSSR count). The summed E-state index contributed by atoms with van der Waals surface area (Å²) in [7, 11) is 0. The van der Waals surface area contributed by atoms with Crippen LogP contribution in [0, 0.1) is 0 Å². The molecule has 0 radical (unpaired) electrons. The van der Waals surface area contributed by atoms with Crippen molar-refractivity contribution in [2.24, 2.45) is 10.1 Å². The molecule has 120 valence electrons. The van der Waals surface area contributed by atoms with Gasteiger partial charge in [0.15, 0.2) is 0 Å². The van der Waals surface area contributed by atoms with Crippen LogP contribution in [-0.4, -0.2) is 30.4 Å². The molecule has 0 saturated heterocycles. The van der Waals surface area contributed by atoms with Crippen molar-refractivity contribution >= 4 is 33.7 Å². The minimum Gasteiger partial charge on any atom is -0.392 e. The van der Waals surface area contributed by atoms with E-state index < -0.39 is 0 Å². The van der Waals surface area contributed by atoms with Crippen LogP contribution >= 0.6 is 0 Å². The molecule has 3 aromatic carbocycles. The normalized spacial score (nSPS) is 14.3. The van der Waals surface area contributed by atoms with Gasteiger partial charge in [-0.3, -0.25) is 0 Å². The summed E-state index contributed by atoms with van der Waals surface area (Å²) >= 11 is 0. The second-order valence-corrected chi connectivity index (χ2v) is 5.67. The fourth-order valence-electron chi connectivity index (χ4n) is 3.19. The highest BCUT2D eigenvalue weighted by Crippen LogP contribution is 2.32. The van der Waals surface area contributed by atoms with Crippen LogP contribution in [0.2, 0.25) is 0 Å². The summed E-state index contributed by atoms with van der Waals surface area (Å²) in [4.78, 5) is 4.27. The van der Waals surface area contributed by atoms with Crippen LogP contribution in [0.5, 0.6) is 0 Å². The number of hydrogen-bond acceptors (Lipinski definition) is 5. The molecule has 0 atom stereocenters. The number of hydrazone groups is 1. The number of hydrogen-bond donors (Lipinski definition) is 3. The minimum atomic E-state index is 0.0113. The number of nitrogens with one attached hydrogen (secondary N) is 2. The van der Waals surface area contributed by atoms with Crippen LogP contribution in [0.1, 0.15) is 11.1 Å². The quantitative estimate of drug-likeness (QED) is 0.394. The smallest absolute Gasteiger partial charge is 0.212 e. The summed E-state index contributed by atoms with van der Waals surface area (Å²) in [6.07, 6.45) is 1.83. The maximum absolute atomic E-state index is 9.87. The van der Waals surface area contributed by atoms with E-state index in [2.05, 4.69) is 33.0 Å². The Morgan fingerprint density at radius 1 is 1.04 bits per heavy atom. The molecule has 24 heavy (non-hydrogen) atoms. The third-order valence-electron chi connectivity index (χ3n) is 4.28. The number of nitrogens with zero attached hydrogens (tertiary/aromatic N) is 2. The Morgan fingerprint density at radius 3 is 2.21 bits per heavy atom. The van der Waals surface area contributed by atoms with Crippen LogP contribution in [0.3, 0.4) is 0 Å². The molecule has 1 aliphatic heterocycles. The molecule has 3 N–H and O–H groups in total. The topological polar surface area (TPSA) is 69.0 Å². The number of aliphatic imine (C=N–C) groups is 1. The van der Waals surface area contributed by atoms with Gasteiger partial charge in [-0.05, 0) is 27.1 Å². The Balaban J connectivity index is 1.90. The van der Waals surface area contributed by atoms with Crippen molar-refractivity contribution in [3.05, 3.63) is 59.7 Å². The lowest BCUT2D eigenvalue weighted by Gasteiger charge is -2.13. The fraction of sp³-hybridized carbons (Fsp3) is 0.158. The molecule has 0 fully saturated rings. The highest BCUT2D eigenvalue weighted by molar-refractivity contribution is 6.15. The first-order valence-corrected chi connectivity index (χ1v) is 7.99. The summed E-state index contributed by atoms with van der Waals surface area (Å²) in [5.41, 5.74) is 4.93. The largest absolute Gasteiger partial charge is 0.392 e.